The molecule has 0 radical (unpaired) electrons. The average molecular weight is 303 g/mol. The van der Waals surface area contributed by atoms with E-state index in [0.717, 1.165) is 4.88 Å². The summed E-state index contributed by atoms with van der Waals surface area (Å²) >= 11 is 7.12. The number of hydrogen-bond donors (Lipinski definition) is 2. The Balaban J connectivity index is 2.10. The highest BCUT2D eigenvalue weighted by molar-refractivity contribution is 7.89. The van der Waals surface area contributed by atoms with E-state index in [-0.39, 0.29) is 11.4 Å². The molecule has 0 saturated heterocycles. The molecule has 2 rings (SSSR count). The number of nitrogen functional groups attached to an aromatic ring is 1. The van der Waals surface area contributed by atoms with Gasteiger partial charge in [-0.2, -0.15) is 0 Å². The second kappa shape index (κ2) is 5.27. The molecule has 1 aromatic heterocycles. The number of benzene rings is 1. The zero-order valence-electron chi connectivity index (χ0n) is 9.26. The van der Waals surface area contributed by atoms with Gasteiger partial charge in [0.05, 0.1) is 9.23 Å². The van der Waals surface area contributed by atoms with Gasteiger partial charge in [0, 0.05) is 17.1 Å². The van der Waals surface area contributed by atoms with Crippen molar-refractivity contribution in [2.75, 3.05) is 5.73 Å². The molecule has 7 heteroatoms. The van der Waals surface area contributed by atoms with Gasteiger partial charge in [0.1, 0.15) is 0 Å². The average Bonchev–Trinajstić information content (AvgIpc) is 2.73. The number of nitrogens with two attached hydrogens (primary N) is 1. The molecule has 0 fully saturated rings. The van der Waals surface area contributed by atoms with Crippen molar-refractivity contribution in [1.29, 1.82) is 0 Å². The molecule has 1 aromatic carbocycles. The zero-order valence-corrected chi connectivity index (χ0v) is 11.6. The highest BCUT2D eigenvalue weighted by Gasteiger charge is 2.13. The first kappa shape index (κ1) is 13.4. The third kappa shape index (κ3) is 3.23. The van der Waals surface area contributed by atoms with Gasteiger partial charge in [-0.15, -0.1) is 11.3 Å². The molecule has 0 aliphatic heterocycles. The fourth-order valence-electron chi connectivity index (χ4n) is 1.34. The van der Waals surface area contributed by atoms with Gasteiger partial charge in [-0.3, -0.25) is 0 Å². The highest BCUT2D eigenvalue weighted by Crippen LogP contribution is 2.21. The van der Waals surface area contributed by atoms with E-state index in [9.17, 15) is 8.42 Å². The van der Waals surface area contributed by atoms with E-state index < -0.39 is 10.0 Å². The van der Waals surface area contributed by atoms with Gasteiger partial charge in [0.15, 0.2) is 0 Å². The van der Waals surface area contributed by atoms with Gasteiger partial charge in [0.2, 0.25) is 10.0 Å². The Morgan fingerprint density at radius 1 is 1.17 bits per heavy atom. The van der Waals surface area contributed by atoms with Gasteiger partial charge in [-0.25, -0.2) is 13.1 Å². The molecule has 0 atom stereocenters. The van der Waals surface area contributed by atoms with Crippen molar-refractivity contribution in [3.8, 4) is 0 Å². The third-order valence-corrected chi connectivity index (χ3v) is 4.90. The number of halogens is 1. The number of anilines is 1. The van der Waals surface area contributed by atoms with Crippen molar-refractivity contribution in [3.63, 3.8) is 0 Å². The lowest BCUT2D eigenvalue weighted by Crippen LogP contribution is -2.22. The van der Waals surface area contributed by atoms with Crippen LogP contribution < -0.4 is 10.5 Å². The Hall–Kier alpha value is -1.08. The molecule has 18 heavy (non-hydrogen) atoms. The summed E-state index contributed by atoms with van der Waals surface area (Å²) in [6.45, 7) is 0.226. The summed E-state index contributed by atoms with van der Waals surface area (Å²) in [5.74, 6) is 0. The lowest BCUT2D eigenvalue weighted by molar-refractivity contribution is 0.582. The van der Waals surface area contributed by atoms with E-state index in [4.69, 9.17) is 17.3 Å². The first-order valence-corrected chi connectivity index (χ1v) is 7.74. The second-order valence-corrected chi connectivity index (χ2v) is 7.17. The topological polar surface area (TPSA) is 72.2 Å². The number of sulfonamides is 1. The maximum absolute atomic E-state index is 11.9. The first-order valence-electron chi connectivity index (χ1n) is 5.07. The molecule has 96 valence electrons. The van der Waals surface area contributed by atoms with Crippen LogP contribution in [0.25, 0.3) is 0 Å². The minimum Gasteiger partial charge on any atom is -0.399 e. The van der Waals surface area contributed by atoms with Crippen molar-refractivity contribution >= 4 is 38.6 Å². The Morgan fingerprint density at radius 3 is 2.39 bits per heavy atom. The summed E-state index contributed by atoms with van der Waals surface area (Å²) in [5.41, 5.74) is 6.04. The monoisotopic (exact) mass is 302 g/mol. The van der Waals surface area contributed by atoms with Crippen LogP contribution in [0.4, 0.5) is 5.69 Å². The Morgan fingerprint density at radius 2 is 1.83 bits per heavy atom. The molecule has 0 aliphatic carbocycles. The van der Waals surface area contributed by atoms with Crippen LogP contribution in [0.15, 0.2) is 41.3 Å². The van der Waals surface area contributed by atoms with Gasteiger partial charge >= 0.3 is 0 Å². The normalized spacial score (nSPS) is 11.6. The molecule has 0 saturated carbocycles. The van der Waals surface area contributed by atoms with Gasteiger partial charge in [-0.05, 0) is 36.4 Å². The van der Waals surface area contributed by atoms with Crippen LogP contribution in [0.2, 0.25) is 4.34 Å². The summed E-state index contributed by atoms with van der Waals surface area (Å²) < 4.78 is 27.0. The van der Waals surface area contributed by atoms with Crippen LogP contribution >= 0.6 is 22.9 Å². The van der Waals surface area contributed by atoms with Gasteiger partial charge in [0.25, 0.3) is 0 Å². The van der Waals surface area contributed by atoms with E-state index in [2.05, 4.69) is 4.72 Å². The summed E-state index contributed by atoms with van der Waals surface area (Å²) in [4.78, 5) is 1.05. The number of nitrogens with one attached hydrogen (secondary N) is 1. The molecular weight excluding hydrogens is 292 g/mol. The van der Waals surface area contributed by atoms with Crippen molar-refractivity contribution < 1.29 is 8.42 Å². The Kier molecular flexibility index (Phi) is 3.91. The van der Waals surface area contributed by atoms with Crippen LogP contribution in [0.5, 0.6) is 0 Å². The fourth-order valence-corrected chi connectivity index (χ4v) is 3.47. The van der Waals surface area contributed by atoms with Crippen molar-refractivity contribution in [1.82, 2.24) is 4.72 Å². The van der Waals surface area contributed by atoms with Crippen LogP contribution in [0.1, 0.15) is 4.88 Å². The summed E-state index contributed by atoms with van der Waals surface area (Å²) in [6.07, 6.45) is 0. The summed E-state index contributed by atoms with van der Waals surface area (Å²) in [6, 6.07) is 9.57. The van der Waals surface area contributed by atoms with Crippen molar-refractivity contribution in [2.24, 2.45) is 0 Å². The fraction of sp³-hybridized carbons (Fsp3) is 0.0909. The third-order valence-electron chi connectivity index (χ3n) is 2.26. The maximum atomic E-state index is 11.9. The van der Waals surface area contributed by atoms with Crippen molar-refractivity contribution in [2.45, 2.75) is 11.4 Å². The Labute approximate surface area is 114 Å². The molecule has 0 aliphatic rings. The van der Waals surface area contributed by atoms with E-state index >= 15 is 0 Å². The summed E-state index contributed by atoms with van der Waals surface area (Å²) in [5, 5.41) is 0. The van der Waals surface area contributed by atoms with E-state index in [0.29, 0.717) is 10.0 Å². The largest absolute Gasteiger partial charge is 0.399 e. The van der Waals surface area contributed by atoms with E-state index in [1.165, 1.54) is 23.5 Å². The number of thiophene rings is 1. The molecule has 0 unspecified atom stereocenters. The quantitative estimate of drug-likeness (QED) is 0.852. The molecule has 0 bridgehead atoms. The molecule has 3 N–H and O–H groups in total. The highest BCUT2D eigenvalue weighted by atomic mass is 35.5. The Bertz CT molecular complexity index is 635. The molecular formula is C11H11ClN2O2S2. The van der Waals surface area contributed by atoms with E-state index in [1.807, 2.05) is 0 Å². The SMILES string of the molecule is Nc1ccc(S(=O)(=O)NCc2ccc(Cl)s2)cc1. The standard InChI is InChI=1S/C11H11ClN2O2S2/c12-11-6-3-9(17-11)7-14-18(15,16)10-4-1-8(13)2-5-10/h1-6,14H,7,13H2. The van der Waals surface area contributed by atoms with Gasteiger partial charge in [-0.1, -0.05) is 11.6 Å². The van der Waals surface area contributed by atoms with Crippen molar-refractivity contribution in [3.05, 3.63) is 45.6 Å². The predicted octanol–water partition coefficient (Wildman–Crippen LogP) is 2.46. The van der Waals surface area contributed by atoms with E-state index in [1.54, 1.807) is 24.3 Å². The molecule has 0 spiro atoms. The minimum absolute atomic E-state index is 0.194. The number of hydrogen-bond acceptors (Lipinski definition) is 4. The smallest absolute Gasteiger partial charge is 0.240 e. The zero-order chi connectivity index (χ0) is 13.2. The van der Waals surface area contributed by atoms with Crippen LogP contribution in [0, 0.1) is 0 Å². The minimum atomic E-state index is -3.51. The first-order chi connectivity index (χ1) is 8.47. The molecule has 1 heterocycles. The summed E-state index contributed by atoms with van der Waals surface area (Å²) in [7, 11) is -3.51. The second-order valence-electron chi connectivity index (χ2n) is 3.60. The molecule has 2 aromatic rings. The van der Waals surface area contributed by atoms with Crippen LogP contribution in [0.3, 0.4) is 0 Å². The van der Waals surface area contributed by atoms with Crippen LogP contribution in [-0.2, 0) is 16.6 Å². The molecule has 0 amide bonds. The van der Waals surface area contributed by atoms with Gasteiger partial charge < -0.3 is 5.73 Å². The van der Waals surface area contributed by atoms with Crippen LogP contribution in [-0.4, -0.2) is 8.42 Å². The lowest BCUT2D eigenvalue weighted by atomic mass is 10.3. The number of rotatable bonds is 4. The maximum Gasteiger partial charge on any atom is 0.240 e. The molecule has 4 nitrogen and oxygen atoms in total. The predicted molar refractivity (Wildman–Crippen MR) is 74.2 cm³/mol. The lowest BCUT2D eigenvalue weighted by Gasteiger charge is -2.05.